The second-order valence-corrected chi connectivity index (χ2v) is 10.1. The smallest absolute Gasteiger partial charge is 0.338 e. The SMILES string of the molecule is [3H]C1C(OC(=O)c2ccc(O)cc2CCCC)C([3H])C(C)(C)N(OC2CCCCC2)C1(C)C. The van der Waals surface area contributed by atoms with Crippen molar-refractivity contribution in [3.05, 3.63) is 29.3 Å². The molecule has 1 aliphatic heterocycles. The molecule has 1 N–H and O–H groups in total. The van der Waals surface area contributed by atoms with E-state index in [-0.39, 0.29) is 11.9 Å². The summed E-state index contributed by atoms with van der Waals surface area (Å²) in [6.45, 7) is 9.83. The summed E-state index contributed by atoms with van der Waals surface area (Å²) >= 11 is 0. The van der Waals surface area contributed by atoms with Crippen LogP contribution in [0.25, 0.3) is 0 Å². The number of ether oxygens (including phenoxy) is 1. The number of aromatic hydroxyl groups is 1. The van der Waals surface area contributed by atoms with Gasteiger partial charge in [-0.15, -0.1) is 0 Å². The van der Waals surface area contributed by atoms with E-state index in [0.29, 0.717) is 12.0 Å². The molecule has 1 saturated carbocycles. The first kappa shape index (κ1) is 21.3. The zero-order valence-corrected chi connectivity index (χ0v) is 19.8. The average Bonchev–Trinajstić information content (AvgIpc) is 2.78. The van der Waals surface area contributed by atoms with E-state index in [1.54, 1.807) is 12.1 Å². The number of rotatable bonds is 7. The van der Waals surface area contributed by atoms with Gasteiger partial charge in [0.1, 0.15) is 11.9 Å². The van der Waals surface area contributed by atoms with Crippen molar-refractivity contribution in [2.24, 2.45) is 0 Å². The number of phenolic OH excluding ortho intramolecular Hbond substituents is 1. The highest BCUT2D eigenvalue weighted by Crippen LogP contribution is 2.41. The van der Waals surface area contributed by atoms with Crippen LogP contribution in [0.3, 0.4) is 0 Å². The molecule has 0 spiro atoms. The Morgan fingerprint density at radius 1 is 1.13 bits per heavy atom. The zero-order chi connectivity index (χ0) is 24.4. The van der Waals surface area contributed by atoms with E-state index in [1.807, 2.05) is 32.8 Å². The maximum absolute atomic E-state index is 13.2. The molecule has 1 aliphatic carbocycles. The quantitative estimate of drug-likeness (QED) is 0.518. The van der Waals surface area contributed by atoms with Gasteiger partial charge in [-0.1, -0.05) is 32.6 Å². The van der Waals surface area contributed by atoms with E-state index in [2.05, 4.69) is 6.92 Å². The molecule has 2 fully saturated rings. The van der Waals surface area contributed by atoms with Gasteiger partial charge in [-0.3, -0.25) is 4.84 Å². The number of esters is 1. The third kappa shape index (κ3) is 6.01. The van der Waals surface area contributed by atoms with Gasteiger partial charge in [0, 0.05) is 26.6 Å². The molecule has 2 atom stereocenters. The van der Waals surface area contributed by atoms with Crippen molar-refractivity contribution >= 4 is 5.97 Å². The highest BCUT2D eigenvalue weighted by atomic mass is 16.7. The van der Waals surface area contributed by atoms with Gasteiger partial charge in [-0.05, 0) is 77.1 Å². The monoisotopic (exact) mass is 435 g/mol. The standard InChI is InChI=1S/C26H41NO4/c1-6-7-11-19-16-20(28)14-15-23(19)24(29)30-22-17-25(2,3)27(26(4,5)18-22)31-21-12-9-8-10-13-21/h14-16,21-22,28H,6-13,17-18H2,1-5H3/i17T,18T. The van der Waals surface area contributed by atoms with Crippen LogP contribution < -0.4 is 0 Å². The molecule has 1 heterocycles. The molecule has 0 aromatic heterocycles. The highest BCUT2D eigenvalue weighted by Gasteiger charge is 2.48. The molecule has 0 amide bonds. The van der Waals surface area contributed by atoms with Gasteiger partial charge in [0.05, 0.1) is 11.7 Å². The summed E-state index contributed by atoms with van der Waals surface area (Å²) < 4.78 is 23.9. The summed E-state index contributed by atoms with van der Waals surface area (Å²) in [6.07, 6.45) is 5.52. The van der Waals surface area contributed by atoms with Crippen LogP contribution in [0, 0.1) is 0 Å². The van der Waals surface area contributed by atoms with Crippen molar-refractivity contribution in [1.29, 1.82) is 0 Å². The number of benzene rings is 1. The lowest BCUT2D eigenvalue weighted by molar-refractivity contribution is -0.317. The van der Waals surface area contributed by atoms with Gasteiger partial charge in [-0.25, -0.2) is 4.79 Å². The lowest BCUT2D eigenvalue weighted by Gasteiger charge is -2.54. The predicted octanol–water partition coefficient (Wildman–Crippen LogP) is 6.18. The lowest BCUT2D eigenvalue weighted by Crippen LogP contribution is -2.63. The normalized spacial score (nSPS) is 29.8. The summed E-state index contributed by atoms with van der Waals surface area (Å²) in [6, 6.07) is 4.67. The van der Waals surface area contributed by atoms with Crippen molar-refractivity contribution in [1.82, 2.24) is 5.06 Å². The molecule has 0 bridgehead atoms. The number of unbranched alkanes of at least 4 members (excludes halogenated alkanes) is 1. The molecule has 31 heavy (non-hydrogen) atoms. The van der Waals surface area contributed by atoms with Crippen LogP contribution in [-0.2, 0) is 16.0 Å². The summed E-state index contributed by atoms with van der Waals surface area (Å²) in [7, 11) is 0. The molecule has 2 unspecified atom stereocenters. The van der Waals surface area contributed by atoms with Crippen LogP contribution in [0.1, 0.15) is 111 Å². The van der Waals surface area contributed by atoms with Gasteiger partial charge in [0.15, 0.2) is 0 Å². The van der Waals surface area contributed by atoms with Gasteiger partial charge >= 0.3 is 5.97 Å². The number of carbonyl (C=O) groups is 1. The first-order chi connectivity index (χ1) is 15.5. The third-order valence-electron chi connectivity index (χ3n) is 6.35. The second kappa shape index (κ2) is 9.91. The van der Waals surface area contributed by atoms with E-state index in [4.69, 9.17) is 12.3 Å². The van der Waals surface area contributed by atoms with E-state index >= 15 is 0 Å². The zero-order valence-electron chi connectivity index (χ0n) is 21.8. The Labute approximate surface area is 190 Å². The maximum Gasteiger partial charge on any atom is 0.338 e. The van der Waals surface area contributed by atoms with E-state index in [1.165, 1.54) is 12.5 Å². The summed E-state index contributed by atoms with van der Waals surface area (Å²) in [4.78, 5) is 19.6. The largest absolute Gasteiger partial charge is 0.508 e. The number of hydrogen-bond acceptors (Lipinski definition) is 5. The Morgan fingerprint density at radius 2 is 1.77 bits per heavy atom. The van der Waals surface area contributed by atoms with E-state index in [0.717, 1.165) is 44.1 Å². The summed E-state index contributed by atoms with van der Waals surface area (Å²) in [5.41, 5.74) is -0.356. The Balaban J connectivity index is 1.83. The van der Waals surface area contributed by atoms with Gasteiger partial charge in [-0.2, -0.15) is 5.06 Å². The maximum atomic E-state index is 13.2. The molecule has 1 aromatic carbocycles. The van der Waals surface area contributed by atoms with Crippen LogP contribution in [0.5, 0.6) is 5.75 Å². The molecule has 5 nitrogen and oxygen atoms in total. The van der Waals surface area contributed by atoms with Crippen LogP contribution in [0.4, 0.5) is 0 Å². The van der Waals surface area contributed by atoms with Gasteiger partial charge < -0.3 is 9.84 Å². The average molecular weight is 436 g/mol. The fraction of sp³-hybridized carbons (Fsp3) is 0.731. The van der Waals surface area contributed by atoms with Crippen molar-refractivity contribution < 1.29 is 22.2 Å². The van der Waals surface area contributed by atoms with Crippen molar-refractivity contribution in [2.45, 2.75) is 122 Å². The minimum Gasteiger partial charge on any atom is -0.508 e. The topological polar surface area (TPSA) is 59.0 Å². The Hall–Kier alpha value is -1.59. The Bertz CT molecular complexity index is 801. The number of phenols is 1. The first-order valence-corrected chi connectivity index (χ1v) is 11.8. The fourth-order valence-electron chi connectivity index (χ4n) is 4.93. The highest BCUT2D eigenvalue weighted by molar-refractivity contribution is 5.91. The summed E-state index contributed by atoms with van der Waals surface area (Å²) in [5, 5.41) is 11.7. The third-order valence-corrected chi connectivity index (χ3v) is 6.35. The van der Waals surface area contributed by atoms with Crippen LogP contribution in [0.2, 0.25) is 0 Å². The minimum atomic E-state index is -0.901. The minimum absolute atomic E-state index is 0.105. The van der Waals surface area contributed by atoms with Crippen LogP contribution in [-0.4, -0.2) is 39.4 Å². The molecule has 5 heteroatoms. The van der Waals surface area contributed by atoms with Crippen LogP contribution >= 0.6 is 0 Å². The van der Waals surface area contributed by atoms with Gasteiger partial charge in [0.2, 0.25) is 0 Å². The van der Waals surface area contributed by atoms with E-state index < -0.39 is 35.9 Å². The Kier molecular flexibility index (Phi) is 6.80. The molecule has 2 aliphatic rings. The predicted molar refractivity (Wildman–Crippen MR) is 123 cm³/mol. The molecular weight excluding hydrogens is 390 g/mol. The van der Waals surface area contributed by atoms with Gasteiger partial charge in [0.25, 0.3) is 0 Å². The Morgan fingerprint density at radius 3 is 2.39 bits per heavy atom. The molecular formula is C26H41NO4. The number of piperidine rings is 1. The molecule has 0 radical (unpaired) electrons. The molecule has 3 rings (SSSR count). The number of carbonyl (C=O) groups excluding carboxylic acids is 1. The van der Waals surface area contributed by atoms with E-state index in [9.17, 15) is 9.90 Å². The van der Waals surface area contributed by atoms with Crippen LogP contribution in [0.15, 0.2) is 18.2 Å². The fourth-order valence-corrected chi connectivity index (χ4v) is 4.93. The summed E-state index contributed by atoms with van der Waals surface area (Å²) in [5.74, 6) is -0.418. The first-order valence-electron chi connectivity index (χ1n) is 13.0. The lowest BCUT2D eigenvalue weighted by atomic mass is 9.80. The number of hydrogen-bond donors (Lipinski definition) is 1. The molecule has 174 valence electrons. The number of aryl methyl sites for hydroxylation is 1. The number of hydroxylamine groups is 2. The van der Waals surface area contributed by atoms with Crippen molar-refractivity contribution in [3.63, 3.8) is 0 Å². The van der Waals surface area contributed by atoms with Crippen molar-refractivity contribution in [2.75, 3.05) is 0 Å². The number of nitrogens with zero attached hydrogens (tertiary/aromatic N) is 1. The molecule has 1 saturated heterocycles. The molecule has 1 aromatic rings. The van der Waals surface area contributed by atoms with Crippen molar-refractivity contribution in [3.8, 4) is 5.75 Å². The second-order valence-electron chi connectivity index (χ2n) is 10.1.